The first-order chi connectivity index (χ1) is 19.0. The van der Waals surface area contributed by atoms with Gasteiger partial charge in [-0.3, -0.25) is 24.0 Å². The molecule has 40 heavy (non-hydrogen) atoms. The number of rotatable bonds is 10. The molecule has 4 N–H and O–H groups in total. The predicted molar refractivity (Wildman–Crippen MR) is 154 cm³/mol. The minimum absolute atomic E-state index is 0.0176. The smallest absolute Gasteiger partial charge is 0.290 e. The van der Waals surface area contributed by atoms with Gasteiger partial charge in [0.05, 0.1) is 10.9 Å². The average molecular weight is 563 g/mol. The number of thiophene rings is 1. The van der Waals surface area contributed by atoms with Crippen molar-refractivity contribution in [3.8, 4) is 0 Å². The van der Waals surface area contributed by atoms with E-state index in [9.17, 15) is 24.0 Å². The molecule has 2 heterocycles. The molecule has 0 unspecified atom stereocenters. The van der Waals surface area contributed by atoms with E-state index in [-0.39, 0.29) is 18.7 Å². The number of hydrogen-bond donors (Lipinski definition) is 4. The molecule has 1 aliphatic rings. The zero-order valence-electron chi connectivity index (χ0n) is 22.8. The molecule has 3 atom stereocenters. The van der Waals surface area contributed by atoms with Crippen LogP contribution in [0.5, 0.6) is 0 Å². The number of Topliss-reactive ketones (excluding diaryl/α,β-unsaturated/α-hetero) is 1. The molecule has 0 radical (unpaired) electrons. The van der Waals surface area contributed by atoms with Crippen LogP contribution in [-0.4, -0.2) is 53.6 Å². The highest BCUT2D eigenvalue weighted by Crippen LogP contribution is 2.25. The molecule has 2 aromatic carbocycles. The summed E-state index contributed by atoms with van der Waals surface area (Å²) in [6.45, 7) is 5.70. The van der Waals surface area contributed by atoms with Gasteiger partial charge in [-0.25, -0.2) is 0 Å². The number of carbonyl (C=O) groups excluding carboxylic acids is 5. The summed E-state index contributed by atoms with van der Waals surface area (Å²) in [5, 5.41) is 11.8. The van der Waals surface area contributed by atoms with Crippen LogP contribution in [0.1, 0.15) is 48.8 Å². The lowest BCUT2D eigenvalue weighted by atomic mass is 9.94. The van der Waals surface area contributed by atoms with Gasteiger partial charge in [-0.15, -0.1) is 11.3 Å². The topological polar surface area (TPSA) is 133 Å². The monoisotopic (exact) mass is 562 g/mol. The van der Waals surface area contributed by atoms with Gasteiger partial charge in [0.2, 0.25) is 17.6 Å². The van der Waals surface area contributed by atoms with Crippen LogP contribution >= 0.6 is 11.3 Å². The largest absolute Gasteiger partial charge is 0.356 e. The third-order valence-corrected chi connectivity index (χ3v) is 7.70. The van der Waals surface area contributed by atoms with Gasteiger partial charge in [0, 0.05) is 29.1 Å². The molecule has 1 aliphatic heterocycles. The van der Waals surface area contributed by atoms with Crippen LogP contribution in [-0.2, 0) is 25.6 Å². The van der Waals surface area contributed by atoms with E-state index < -0.39 is 47.0 Å². The SMILES string of the molecule is CC(C)(C)NC(=O)C(=O)[C@H](C[C@@H]1CCNC1=O)NC(=O)[C@H](Cc1ccccc1)NC(=O)c1cc2ccccc2s1. The first-order valence-electron chi connectivity index (χ1n) is 13.3. The number of nitrogens with one attached hydrogen (secondary N) is 4. The maximum Gasteiger partial charge on any atom is 0.290 e. The van der Waals surface area contributed by atoms with Gasteiger partial charge in [-0.1, -0.05) is 48.5 Å². The Morgan fingerprint density at radius 2 is 1.68 bits per heavy atom. The first kappa shape index (κ1) is 28.9. The van der Waals surface area contributed by atoms with Crippen molar-refractivity contribution in [2.24, 2.45) is 5.92 Å². The molecule has 0 bridgehead atoms. The second-order valence-electron chi connectivity index (χ2n) is 11.0. The van der Waals surface area contributed by atoms with Gasteiger partial charge in [-0.2, -0.15) is 0 Å². The molecule has 1 saturated heterocycles. The molecule has 0 aliphatic carbocycles. The number of fused-ring (bicyclic) bond motifs is 1. The Balaban J connectivity index is 1.57. The Bertz CT molecular complexity index is 1380. The molecule has 9 nitrogen and oxygen atoms in total. The second kappa shape index (κ2) is 12.4. The third-order valence-electron chi connectivity index (χ3n) is 6.58. The number of amides is 4. The zero-order valence-corrected chi connectivity index (χ0v) is 23.6. The second-order valence-corrected chi connectivity index (χ2v) is 12.1. The van der Waals surface area contributed by atoms with Crippen LogP contribution in [0.2, 0.25) is 0 Å². The Morgan fingerprint density at radius 3 is 2.33 bits per heavy atom. The van der Waals surface area contributed by atoms with Crippen LogP contribution in [0, 0.1) is 5.92 Å². The van der Waals surface area contributed by atoms with Crippen molar-refractivity contribution in [1.29, 1.82) is 0 Å². The zero-order chi connectivity index (χ0) is 28.9. The Labute approximate surface area is 237 Å². The summed E-state index contributed by atoms with van der Waals surface area (Å²) in [5.74, 6) is -3.44. The van der Waals surface area contributed by atoms with E-state index in [0.29, 0.717) is 17.8 Å². The van der Waals surface area contributed by atoms with E-state index in [1.165, 1.54) is 11.3 Å². The molecule has 1 aromatic heterocycles. The number of carbonyl (C=O) groups is 5. The van der Waals surface area contributed by atoms with Crippen molar-refractivity contribution in [1.82, 2.24) is 21.3 Å². The Morgan fingerprint density at radius 1 is 0.975 bits per heavy atom. The first-order valence-corrected chi connectivity index (χ1v) is 14.1. The van der Waals surface area contributed by atoms with Crippen LogP contribution in [0.3, 0.4) is 0 Å². The van der Waals surface area contributed by atoms with Gasteiger partial charge >= 0.3 is 0 Å². The van der Waals surface area contributed by atoms with E-state index in [0.717, 1.165) is 15.6 Å². The van der Waals surface area contributed by atoms with Gasteiger partial charge in [0.25, 0.3) is 11.8 Å². The van der Waals surface area contributed by atoms with Gasteiger partial charge < -0.3 is 21.3 Å². The molecule has 0 spiro atoms. The summed E-state index contributed by atoms with van der Waals surface area (Å²) in [4.78, 5) is 65.6. The summed E-state index contributed by atoms with van der Waals surface area (Å²) in [6, 6.07) is 16.3. The van der Waals surface area contributed by atoms with Crippen LogP contribution in [0.15, 0.2) is 60.7 Å². The Kier molecular flexibility index (Phi) is 8.99. The lowest BCUT2D eigenvalue weighted by Crippen LogP contribution is -2.56. The predicted octanol–water partition coefficient (Wildman–Crippen LogP) is 2.74. The summed E-state index contributed by atoms with van der Waals surface area (Å²) in [7, 11) is 0. The normalized spacial score (nSPS) is 16.6. The fourth-order valence-corrected chi connectivity index (χ4v) is 5.57. The van der Waals surface area contributed by atoms with Crippen molar-refractivity contribution < 1.29 is 24.0 Å². The lowest BCUT2D eigenvalue weighted by molar-refractivity contribution is -0.141. The third kappa shape index (κ3) is 7.53. The highest BCUT2D eigenvalue weighted by atomic mass is 32.1. The Hall–Kier alpha value is -4.05. The lowest BCUT2D eigenvalue weighted by Gasteiger charge is -2.26. The fourth-order valence-electron chi connectivity index (χ4n) is 4.60. The van der Waals surface area contributed by atoms with E-state index in [2.05, 4.69) is 21.3 Å². The quantitative estimate of drug-likeness (QED) is 0.282. The van der Waals surface area contributed by atoms with Crippen LogP contribution in [0.4, 0.5) is 0 Å². The summed E-state index contributed by atoms with van der Waals surface area (Å²) in [6.07, 6.45) is 0.647. The molecular weight excluding hydrogens is 528 g/mol. The molecular formula is C30H34N4O5S. The van der Waals surface area contributed by atoms with E-state index in [1.54, 1.807) is 26.8 Å². The van der Waals surface area contributed by atoms with Crippen molar-refractivity contribution in [2.45, 2.75) is 57.7 Å². The molecule has 0 saturated carbocycles. The minimum atomic E-state index is -1.23. The van der Waals surface area contributed by atoms with Gasteiger partial charge in [0.15, 0.2) is 0 Å². The summed E-state index contributed by atoms with van der Waals surface area (Å²) >= 11 is 1.32. The molecule has 1 fully saturated rings. The molecule has 4 amide bonds. The van der Waals surface area contributed by atoms with E-state index in [4.69, 9.17) is 0 Å². The number of benzene rings is 2. The molecule has 10 heteroatoms. The standard InChI is InChI=1S/C30H34N4O5S/c1-30(2,3)34-29(39)25(35)21(16-20-13-14-31-26(20)36)32-27(37)22(15-18-9-5-4-6-10-18)33-28(38)24-17-19-11-7-8-12-23(19)40-24/h4-12,17,20-22H,13-16H2,1-3H3,(H,31,36)(H,32,37)(H,33,38)(H,34,39)/t20-,21-,22-/m0/s1. The highest BCUT2D eigenvalue weighted by molar-refractivity contribution is 7.20. The maximum atomic E-state index is 13.7. The van der Waals surface area contributed by atoms with Gasteiger partial charge in [0.1, 0.15) is 6.04 Å². The van der Waals surface area contributed by atoms with Crippen LogP contribution in [0.25, 0.3) is 10.1 Å². The van der Waals surface area contributed by atoms with Crippen molar-refractivity contribution in [3.05, 3.63) is 71.1 Å². The van der Waals surface area contributed by atoms with Crippen LogP contribution < -0.4 is 21.3 Å². The summed E-state index contributed by atoms with van der Waals surface area (Å²) < 4.78 is 0.946. The number of hydrogen-bond acceptors (Lipinski definition) is 6. The molecule has 4 rings (SSSR count). The highest BCUT2D eigenvalue weighted by Gasteiger charge is 2.36. The maximum absolute atomic E-state index is 13.7. The van der Waals surface area contributed by atoms with Gasteiger partial charge in [-0.05, 0) is 56.7 Å². The van der Waals surface area contributed by atoms with E-state index in [1.807, 2.05) is 54.6 Å². The van der Waals surface area contributed by atoms with E-state index >= 15 is 0 Å². The average Bonchev–Trinajstić information content (AvgIpc) is 3.53. The van der Waals surface area contributed by atoms with Crippen molar-refractivity contribution in [2.75, 3.05) is 6.54 Å². The van der Waals surface area contributed by atoms with Crippen molar-refractivity contribution >= 4 is 50.8 Å². The molecule has 3 aromatic rings. The minimum Gasteiger partial charge on any atom is -0.356 e. The summed E-state index contributed by atoms with van der Waals surface area (Å²) in [5.41, 5.74) is 0.142. The fraction of sp³-hybridized carbons (Fsp3) is 0.367. The molecule has 210 valence electrons. The number of ketones is 1. The van der Waals surface area contributed by atoms with Crippen molar-refractivity contribution in [3.63, 3.8) is 0 Å².